The van der Waals surface area contributed by atoms with Gasteiger partial charge in [-0.1, -0.05) is 24.2 Å². The molecule has 1 heterocycles. The Hall–Kier alpha value is -3.02. The zero-order valence-corrected chi connectivity index (χ0v) is 15.1. The summed E-state index contributed by atoms with van der Waals surface area (Å²) in [5, 5.41) is 6.93. The molecule has 0 bridgehead atoms. The predicted molar refractivity (Wildman–Crippen MR) is 100 cm³/mol. The second-order valence-electron chi connectivity index (χ2n) is 5.95. The van der Waals surface area contributed by atoms with E-state index in [1.165, 1.54) is 5.56 Å². The highest BCUT2D eigenvalue weighted by atomic mass is 16.6. The van der Waals surface area contributed by atoms with Crippen molar-refractivity contribution in [1.82, 2.24) is 0 Å². The van der Waals surface area contributed by atoms with Crippen LogP contribution in [0.5, 0.6) is 11.5 Å². The molecule has 1 N–H and O–H groups in total. The van der Waals surface area contributed by atoms with Crippen LogP contribution in [0.25, 0.3) is 0 Å². The van der Waals surface area contributed by atoms with Crippen molar-refractivity contribution in [3.8, 4) is 11.5 Å². The van der Waals surface area contributed by atoms with Gasteiger partial charge < -0.3 is 19.6 Å². The monoisotopic (exact) mass is 354 g/mol. The molecule has 2 aromatic rings. The number of nitrogens with zero attached hydrogens (tertiary/aromatic N) is 1. The van der Waals surface area contributed by atoms with Crippen LogP contribution in [0.2, 0.25) is 0 Å². The maximum absolute atomic E-state index is 12.4. The van der Waals surface area contributed by atoms with Crippen LogP contribution in [0, 0.1) is 0 Å². The molecule has 1 amide bonds. The molecule has 136 valence electrons. The van der Waals surface area contributed by atoms with Crippen LogP contribution in [0.4, 0.5) is 5.69 Å². The lowest BCUT2D eigenvalue weighted by Gasteiger charge is -2.10. The Morgan fingerprint density at radius 2 is 1.88 bits per heavy atom. The van der Waals surface area contributed by atoms with Gasteiger partial charge in [-0.2, -0.15) is 0 Å². The van der Waals surface area contributed by atoms with Gasteiger partial charge in [0.25, 0.3) is 5.91 Å². The smallest absolute Gasteiger partial charge is 0.268 e. The van der Waals surface area contributed by atoms with Crippen molar-refractivity contribution in [2.45, 2.75) is 25.9 Å². The van der Waals surface area contributed by atoms with E-state index in [1.807, 2.05) is 36.4 Å². The number of hydrogen-bond acceptors (Lipinski definition) is 5. The number of amides is 1. The molecule has 0 saturated heterocycles. The molecule has 0 aliphatic carbocycles. The van der Waals surface area contributed by atoms with Gasteiger partial charge in [0.2, 0.25) is 6.10 Å². The number of ether oxygens (including phenoxy) is 2. The lowest BCUT2D eigenvalue weighted by atomic mass is 10.0. The molecule has 0 saturated carbocycles. The van der Waals surface area contributed by atoms with E-state index in [-0.39, 0.29) is 5.91 Å². The second kappa shape index (κ2) is 7.91. The number of oxime groups is 1. The Balaban J connectivity index is 1.64. The summed E-state index contributed by atoms with van der Waals surface area (Å²) in [7, 11) is 3.16. The Labute approximate surface area is 152 Å². The van der Waals surface area contributed by atoms with Gasteiger partial charge in [0.1, 0.15) is 0 Å². The molecule has 0 spiro atoms. The highest BCUT2D eigenvalue weighted by Crippen LogP contribution is 2.29. The molecule has 2 aromatic carbocycles. The van der Waals surface area contributed by atoms with E-state index in [0.29, 0.717) is 23.6 Å². The maximum Gasteiger partial charge on any atom is 0.268 e. The fraction of sp³-hybridized carbons (Fsp3) is 0.300. The Kier molecular flexibility index (Phi) is 5.41. The molecule has 3 rings (SSSR count). The number of hydrogen-bond donors (Lipinski definition) is 1. The molecule has 0 fully saturated rings. The minimum absolute atomic E-state index is 0.214. The standard InChI is InChI=1S/C20H22N2O4/c1-4-13-5-8-15(9-6-13)21-20(23)19-12-16(22-26-19)14-7-10-17(24-2)18(11-14)25-3/h5-11,19H,4,12H2,1-3H3,(H,21,23)/t19-/m0/s1. The minimum Gasteiger partial charge on any atom is -0.493 e. The Bertz CT molecular complexity index is 815. The van der Waals surface area contributed by atoms with Crippen molar-refractivity contribution in [3.05, 3.63) is 53.6 Å². The fourth-order valence-corrected chi connectivity index (χ4v) is 2.75. The first-order chi connectivity index (χ1) is 12.6. The molecule has 0 unspecified atom stereocenters. The third-order valence-corrected chi connectivity index (χ3v) is 4.31. The van der Waals surface area contributed by atoms with Gasteiger partial charge in [-0.05, 0) is 42.3 Å². The van der Waals surface area contributed by atoms with Crippen molar-refractivity contribution >= 4 is 17.3 Å². The van der Waals surface area contributed by atoms with Crippen molar-refractivity contribution in [1.29, 1.82) is 0 Å². The molecule has 1 aliphatic rings. The lowest BCUT2D eigenvalue weighted by Crippen LogP contribution is -2.28. The van der Waals surface area contributed by atoms with Crippen LogP contribution in [-0.4, -0.2) is 31.9 Å². The minimum atomic E-state index is -0.649. The summed E-state index contributed by atoms with van der Waals surface area (Å²) in [5.41, 5.74) is 3.51. The van der Waals surface area contributed by atoms with Gasteiger partial charge in [0, 0.05) is 17.7 Å². The summed E-state index contributed by atoms with van der Waals surface area (Å²) in [6.07, 6.45) is 0.709. The summed E-state index contributed by atoms with van der Waals surface area (Å²) in [6.45, 7) is 2.09. The van der Waals surface area contributed by atoms with E-state index in [2.05, 4.69) is 17.4 Å². The summed E-state index contributed by atoms with van der Waals surface area (Å²) in [5.74, 6) is 1.03. The quantitative estimate of drug-likeness (QED) is 0.863. The summed E-state index contributed by atoms with van der Waals surface area (Å²) >= 11 is 0. The van der Waals surface area contributed by atoms with E-state index < -0.39 is 6.10 Å². The summed E-state index contributed by atoms with van der Waals surface area (Å²) in [6, 6.07) is 13.3. The second-order valence-corrected chi connectivity index (χ2v) is 5.95. The van der Waals surface area contributed by atoms with Crippen molar-refractivity contribution in [2.75, 3.05) is 19.5 Å². The summed E-state index contributed by atoms with van der Waals surface area (Å²) in [4.78, 5) is 17.7. The van der Waals surface area contributed by atoms with E-state index in [1.54, 1.807) is 20.3 Å². The average molecular weight is 354 g/mol. The van der Waals surface area contributed by atoms with Crippen molar-refractivity contribution in [3.63, 3.8) is 0 Å². The number of carbonyl (C=O) groups is 1. The van der Waals surface area contributed by atoms with Gasteiger partial charge in [0.05, 0.1) is 19.9 Å². The fourth-order valence-electron chi connectivity index (χ4n) is 2.75. The topological polar surface area (TPSA) is 69.2 Å². The number of methoxy groups -OCH3 is 2. The number of benzene rings is 2. The molecule has 1 atom stereocenters. The predicted octanol–water partition coefficient (Wildman–Crippen LogP) is 3.40. The normalized spacial score (nSPS) is 15.8. The molecule has 6 heteroatoms. The number of nitrogens with one attached hydrogen (secondary N) is 1. The molecular formula is C20H22N2O4. The van der Waals surface area contributed by atoms with Crippen LogP contribution in [0.15, 0.2) is 47.6 Å². The Morgan fingerprint density at radius 1 is 1.15 bits per heavy atom. The third kappa shape index (κ3) is 3.79. The van der Waals surface area contributed by atoms with E-state index >= 15 is 0 Å². The maximum atomic E-state index is 12.4. The molecular weight excluding hydrogens is 332 g/mol. The van der Waals surface area contributed by atoms with E-state index in [9.17, 15) is 4.79 Å². The van der Waals surface area contributed by atoms with E-state index in [4.69, 9.17) is 14.3 Å². The lowest BCUT2D eigenvalue weighted by molar-refractivity contribution is -0.125. The van der Waals surface area contributed by atoms with E-state index in [0.717, 1.165) is 17.7 Å². The van der Waals surface area contributed by atoms with Crippen LogP contribution in [-0.2, 0) is 16.1 Å². The van der Waals surface area contributed by atoms with Gasteiger partial charge in [0.15, 0.2) is 11.5 Å². The number of anilines is 1. The van der Waals surface area contributed by atoms with Gasteiger partial charge in [-0.3, -0.25) is 4.79 Å². The average Bonchev–Trinajstić information content (AvgIpc) is 3.18. The highest BCUT2D eigenvalue weighted by molar-refractivity contribution is 6.06. The van der Waals surface area contributed by atoms with Crippen LogP contribution in [0.1, 0.15) is 24.5 Å². The first kappa shape index (κ1) is 17.8. The van der Waals surface area contributed by atoms with Crippen molar-refractivity contribution < 1.29 is 19.1 Å². The molecule has 26 heavy (non-hydrogen) atoms. The molecule has 0 radical (unpaired) electrons. The Morgan fingerprint density at radius 3 is 2.54 bits per heavy atom. The SMILES string of the molecule is CCc1ccc(NC(=O)[C@@H]2CC(c3ccc(OC)c(OC)c3)=NO2)cc1. The number of aryl methyl sites for hydroxylation is 1. The first-order valence-electron chi connectivity index (χ1n) is 8.49. The third-order valence-electron chi connectivity index (χ3n) is 4.31. The highest BCUT2D eigenvalue weighted by Gasteiger charge is 2.29. The van der Waals surface area contributed by atoms with Gasteiger partial charge in [-0.15, -0.1) is 0 Å². The molecule has 1 aliphatic heterocycles. The molecule has 6 nitrogen and oxygen atoms in total. The largest absolute Gasteiger partial charge is 0.493 e. The van der Waals surface area contributed by atoms with Crippen LogP contribution >= 0.6 is 0 Å². The van der Waals surface area contributed by atoms with Gasteiger partial charge in [-0.25, -0.2) is 0 Å². The first-order valence-corrected chi connectivity index (χ1v) is 8.49. The summed E-state index contributed by atoms with van der Waals surface area (Å²) < 4.78 is 10.5. The zero-order valence-electron chi connectivity index (χ0n) is 15.1. The zero-order chi connectivity index (χ0) is 18.5. The van der Waals surface area contributed by atoms with Crippen molar-refractivity contribution in [2.24, 2.45) is 5.16 Å². The van der Waals surface area contributed by atoms with Crippen LogP contribution in [0.3, 0.4) is 0 Å². The number of carbonyl (C=O) groups excluding carboxylic acids is 1. The van der Waals surface area contributed by atoms with Gasteiger partial charge >= 0.3 is 0 Å². The van der Waals surface area contributed by atoms with Crippen LogP contribution < -0.4 is 14.8 Å². The number of rotatable bonds is 6. The molecule has 0 aromatic heterocycles.